The second-order valence-electron chi connectivity index (χ2n) is 8.79. The summed E-state index contributed by atoms with van der Waals surface area (Å²) in [5.74, 6) is -1.05. The van der Waals surface area contributed by atoms with Gasteiger partial charge in [-0.3, -0.25) is 9.78 Å². The van der Waals surface area contributed by atoms with Crippen LogP contribution in [0.15, 0.2) is 102 Å². The fraction of sp³-hybridized carbons (Fsp3) is 0.138. The summed E-state index contributed by atoms with van der Waals surface area (Å²) in [6.45, 7) is 0.326. The van der Waals surface area contributed by atoms with Crippen molar-refractivity contribution in [1.82, 2.24) is 15.0 Å². The maximum Gasteiger partial charge on any atom is 0.319 e. The SMILES string of the molecule is COc1ccc(-c2cccc(NC(=O)NCc3ccncc3)c2)cc1S(=O)(=O)N[C@@H](CC(=O)O)c1ccccc1. The van der Waals surface area contributed by atoms with E-state index in [0.717, 1.165) is 5.56 Å². The van der Waals surface area contributed by atoms with Crippen LogP contribution in [0.4, 0.5) is 10.5 Å². The number of carbonyl (C=O) groups excluding carboxylic acids is 1. The van der Waals surface area contributed by atoms with E-state index in [1.54, 1.807) is 85.2 Å². The van der Waals surface area contributed by atoms with E-state index in [4.69, 9.17) is 4.74 Å². The Labute approximate surface area is 232 Å². The Morgan fingerprint density at radius 3 is 2.35 bits per heavy atom. The Morgan fingerprint density at radius 1 is 0.925 bits per heavy atom. The number of benzene rings is 3. The Kier molecular flexibility index (Phi) is 9.10. The summed E-state index contributed by atoms with van der Waals surface area (Å²) in [6, 6.07) is 22.3. The minimum Gasteiger partial charge on any atom is -0.495 e. The predicted molar refractivity (Wildman–Crippen MR) is 150 cm³/mol. The van der Waals surface area contributed by atoms with Crippen LogP contribution < -0.4 is 20.1 Å². The van der Waals surface area contributed by atoms with Gasteiger partial charge in [0.05, 0.1) is 19.6 Å². The van der Waals surface area contributed by atoms with Crippen molar-refractivity contribution in [2.24, 2.45) is 0 Å². The average molecular weight is 561 g/mol. The number of sulfonamides is 1. The van der Waals surface area contributed by atoms with Crippen molar-refractivity contribution >= 4 is 27.7 Å². The molecular formula is C29H28N4O6S. The molecule has 0 saturated carbocycles. The van der Waals surface area contributed by atoms with E-state index < -0.39 is 34.5 Å². The van der Waals surface area contributed by atoms with Gasteiger partial charge in [0.1, 0.15) is 10.6 Å². The zero-order valence-corrected chi connectivity index (χ0v) is 22.4. The van der Waals surface area contributed by atoms with Gasteiger partial charge in [0.15, 0.2) is 0 Å². The van der Waals surface area contributed by atoms with Gasteiger partial charge in [0, 0.05) is 24.6 Å². The van der Waals surface area contributed by atoms with Crippen LogP contribution >= 0.6 is 0 Å². The number of carbonyl (C=O) groups is 2. The van der Waals surface area contributed by atoms with Gasteiger partial charge in [-0.2, -0.15) is 0 Å². The third kappa shape index (κ3) is 7.43. The number of pyridine rings is 1. The number of hydrogen-bond donors (Lipinski definition) is 4. The van der Waals surface area contributed by atoms with Gasteiger partial charge >= 0.3 is 12.0 Å². The first-order chi connectivity index (χ1) is 19.2. The minimum atomic E-state index is -4.21. The first-order valence-electron chi connectivity index (χ1n) is 12.3. The van der Waals surface area contributed by atoms with E-state index in [-0.39, 0.29) is 10.6 Å². The normalized spacial score (nSPS) is 11.8. The van der Waals surface area contributed by atoms with Gasteiger partial charge in [-0.05, 0) is 58.7 Å². The van der Waals surface area contributed by atoms with Crippen LogP contribution in [0, 0.1) is 0 Å². The lowest BCUT2D eigenvalue weighted by Crippen LogP contribution is -2.30. The highest BCUT2D eigenvalue weighted by Crippen LogP contribution is 2.32. The number of carboxylic acid groups (broad SMARTS) is 1. The fourth-order valence-corrected chi connectivity index (χ4v) is 5.46. The van der Waals surface area contributed by atoms with Crippen LogP contribution in [0.25, 0.3) is 11.1 Å². The lowest BCUT2D eigenvalue weighted by atomic mass is 10.0. The molecule has 0 aliphatic heterocycles. The van der Waals surface area contributed by atoms with E-state index in [0.29, 0.717) is 28.9 Å². The molecule has 0 fully saturated rings. The average Bonchev–Trinajstić information content (AvgIpc) is 2.96. The Bertz CT molecular complexity index is 1580. The molecule has 10 nitrogen and oxygen atoms in total. The summed E-state index contributed by atoms with van der Waals surface area (Å²) in [7, 11) is -2.86. The maximum atomic E-state index is 13.5. The number of ether oxygens (including phenoxy) is 1. The molecular weight excluding hydrogens is 532 g/mol. The summed E-state index contributed by atoms with van der Waals surface area (Å²) in [5.41, 5.74) is 3.13. The summed E-state index contributed by atoms with van der Waals surface area (Å²) in [6.07, 6.45) is 2.85. The monoisotopic (exact) mass is 560 g/mol. The van der Waals surface area contributed by atoms with Crippen molar-refractivity contribution in [1.29, 1.82) is 0 Å². The quantitative estimate of drug-likeness (QED) is 0.210. The molecule has 206 valence electrons. The first-order valence-corrected chi connectivity index (χ1v) is 13.7. The van der Waals surface area contributed by atoms with Crippen molar-refractivity contribution in [3.8, 4) is 16.9 Å². The van der Waals surface area contributed by atoms with Crippen molar-refractivity contribution in [3.63, 3.8) is 0 Å². The number of methoxy groups -OCH3 is 1. The third-order valence-electron chi connectivity index (χ3n) is 5.99. The molecule has 0 spiro atoms. The number of urea groups is 1. The molecule has 0 saturated heterocycles. The summed E-state index contributed by atoms with van der Waals surface area (Å²) in [4.78, 5) is 27.7. The van der Waals surface area contributed by atoms with E-state index in [2.05, 4.69) is 20.3 Å². The van der Waals surface area contributed by atoms with Crippen molar-refractivity contribution in [2.45, 2.75) is 23.9 Å². The molecule has 0 aliphatic carbocycles. The molecule has 0 unspecified atom stereocenters. The number of hydrogen-bond acceptors (Lipinski definition) is 6. The minimum absolute atomic E-state index is 0.100. The number of amides is 2. The smallest absolute Gasteiger partial charge is 0.319 e. The van der Waals surface area contributed by atoms with Crippen molar-refractivity contribution in [3.05, 3.63) is 108 Å². The van der Waals surface area contributed by atoms with Gasteiger partial charge in [-0.15, -0.1) is 0 Å². The van der Waals surface area contributed by atoms with Crippen LogP contribution in [0.3, 0.4) is 0 Å². The summed E-state index contributed by atoms with van der Waals surface area (Å²) in [5, 5.41) is 14.9. The van der Waals surface area contributed by atoms with Crippen LogP contribution in [-0.4, -0.2) is 37.6 Å². The van der Waals surface area contributed by atoms with Gasteiger partial charge < -0.3 is 20.5 Å². The molecule has 1 aromatic heterocycles. The molecule has 3 aromatic carbocycles. The highest BCUT2D eigenvalue weighted by atomic mass is 32.2. The topological polar surface area (TPSA) is 147 Å². The number of nitrogens with zero attached hydrogens (tertiary/aromatic N) is 1. The Balaban J connectivity index is 1.57. The van der Waals surface area contributed by atoms with E-state index in [1.165, 1.54) is 19.2 Å². The lowest BCUT2D eigenvalue weighted by molar-refractivity contribution is -0.137. The highest BCUT2D eigenvalue weighted by Gasteiger charge is 2.27. The van der Waals surface area contributed by atoms with Gasteiger partial charge in [-0.1, -0.05) is 48.5 Å². The molecule has 0 radical (unpaired) electrons. The molecule has 11 heteroatoms. The molecule has 4 aromatic rings. The van der Waals surface area contributed by atoms with Gasteiger partial charge in [-0.25, -0.2) is 17.9 Å². The standard InChI is InChI=1S/C29H28N4O6S/c1-39-26-11-10-23(17-27(26)40(37,38)33-25(18-28(34)35)21-6-3-2-4-7-21)22-8-5-9-24(16-22)32-29(36)31-19-20-12-14-30-15-13-20/h2-17,25,33H,18-19H2,1H3,(H,34,35)(H2,31,32,36)/t25-/m0/s1. The zero-order valence-electron chi connectivity index (χ0n) is 21.6. The van der Waals surface area contributed by atoms with Crippen LogP contribution in [0.2, 0.25) is 0 Å². The molecule has 40 heavy (non-hydrogen) atoms. The number of nitrogens with one attached hydrogen (secondary N) is 3. The molecule has 0 bridgehead atoms. The van der Waals surface area contributed by atoms with Crippen LogP contribution in [0.5, 0.6) is 5.75 Å². The van der Waals surface area contributed by atoms with E-state index in [9.17, 15) is 23.1 Å². The summed E-state index contributed by atoms with van der Waals surface area (Å²) >= 11 is 0. The maximum absolute atomic E-state index is 13.5. The lowest BCUT2D eigenvalue weighted by Gasteiger charge is -2.19. The number of rotatable bonds is 11. The molecule has 1 atom stereocenters. The van der Waals surface area contributed by atoms with E-state index in [1.807, 2.05) is 0 Å². The van der Waals surface area contributed by atoms with E-state index >= 15 is 0 Å². The molecule has 0 aliphatic rings. The van der Waals surface area contributed by atoms with Gasteiger partial charge in [0.2, 0.25) is 10.0 Å². The largest absolute Gasteiger partial charge is 0.495 e. The predicted octanol–water partition coefficient (Wildman–Crippen LogP) is 4.57. The second kappa shape index (κ2) is 12.9. The first kappa shape index (κ1) is 28.3. The van der Waals surface area contributed by atoms with Crippen LogP contribution in [-0.2, 0) is 21.4 Å². The fourth-order valence-electron chi connectivity index (χ4n) is 4.04. The molecule has 2 amide bonds. The number of aromatic nitrogens is 1. The van der Waals surface area contributed by atoms with Crippen molar-refractivity contribution in [2.75, 3.05) is 12.4 Å². The van der Waals surface area contributed by atoms with Gasteiger partial charge in [0.25, 0.3) is 0 Å². The second-order valence-corrected chi connectivity index (χ2v) is 10.5. The van der Waals surface area contributed by atoms with Crippen LogP contribution in [0.1, 0.15) is 23.6 Å². The molecule has 1 heterocycles. The molecule has 4 N–H and O–H groups in total. The number of aliphatic carboxylic acids is 1. The number of carboxylic acids is 1. The third-order valence-corrected chi connectivity index (χ3v) is 7.48. The zero-order chi connectivity index (χ0) is 28.5. The number of anilines is 1. The molecule has 4 rings (SSSR count). The summed E-state index contributed by atoms with van der Waals surface area (Å²) < 4.78 is 34.9. The Morgan fingerprint density at radius 2 is 1.65 bits per heavy atom. The highest BCUT2D eigenvalue weighted by molar-refractivity contribution is 7.89. The Hall–Kier alpha value is -4.74. The van der Waals surface area contributed by atoms with Crippen molar-refractivity contribution < 1.29 is 27.9 Å².